The summed E-state index contributed by atoms with van der Waals surface area (Å²) in [5.74, 6) is 1.54. The van der Waals surface area contributed by atoms with Gasteiger partial charge in [0.2, 0.25) is 0 Å². The monoisotopic (exact) mass is 356 g/mol. The second-order valence-corrected chi connectivity index (χ2v) is 5.69. The molecular formula is C12H28N4O4S2. The third-order valence-electron chi connectivity index (χ3n) is 2.21. The highest BCUT2D eigenvalue weighted by atomic mass is 32.2. The van der Waals surface area contributed by atoms with E-state index in [2.05, 4.69) is 10.6 Å². The SMILES string of the molecule is C.CSCCC(O)C#N.CSCCC1NC(=O)NC1=O.N.O. The highest BCUT2D eigenvalue weighted by Gasteiger charge is 2.28. The molecule has 22 heavy (non-hydrogen) atoms. The highest BCUT2D eigenvalue weighted by Crippen LogP contribution is 2.03. The van der Waals surface area contributed by atoms with E-state index in [4.69, 9.17) is 10.4 Å². The van der Waals surface area contributed by atoms with Crippen molar-refractivity contribution in [3.63, 3.8) is 0 Å². The van der Waals surface area contributed by atoms with Crippen molar-refractivity contribution >= 4 is 35.5 Å². The van der Waals surface area contributed by atoms with Gasteiger partial charge in [0.25, 0.3) is 5.91 Å². The molecule has 1 aliphatic rings. The standard InChI is InChI=1S/C6H10N2O2S.C5H9NOS.CH4.H3N.H2O/c1-11-3-2-4-5(9)8-6(10)7-4;1-8-3-2-5(7)4-6;;;/h4H,2-3H2,1H3,(H2,7,8,9,10);5,7H,2-3H2,1H3;1H4;1H3;1H2. The maximum Gasteiger partial charge on any atom is 0.322 e. The van der Waals surface area contributed by atoms with E-state index >= 15 is 0 Å². The van der Waals surface area contributed by atoms with Crippen LogP contribution in [0.3, 0.4) is 0 Å². The maximum atomic E-state index is 10.9. The minimum absolute atomic E-state index is 0. The zero-order chi connectivity index (χ0) is 14.7. The first-order valence-corrected chi connectivity index (χ1v) is 8.50. The van der Waals surface area contributed by atoms with Crippen LogP contribution in [0.5, 0.6) is 0 Å². The van der Waals surface area contributed by atoms with Crippen molar-refractivity contribution in [1.82, 2.24) is 16.8 Å². The molecule has 0 saturated carbocycles. The third-order valence-corrected chi connectivity index (χ3v) is 3.50. The van der Waals surface area contributed by atoms with Crippen LogP contribution in [0, 0.1) is 11.3 Å². The van der Waals surface area contributed by atoms with Crippen molar-refractivity contribution in [1.29, 1.82) is 5.26 Å². The molecule has 0 bridgehead atoms. The minimum atomic E-state index is -0.762. The van der Waals surface area contributed by atoms with Crippen molar-refractivity contribution in [3.8, 4) is 6.07 Å². The average molecular weight is 357 g/mol. The molecule has 3 amide bonds. The first kappa shape index (κ1) is 29.1. The van der Waals surface area contributed by atoms with Crippen LogP contribution >= 0.6 is 23.5 Å². The number of hydrogen-bond donors (Lipinski definition) is 4. The fourth-order valence-electron chi connectivity index (χ4n) is 1.19. The van der Waals surface area contributed by atoms with Crippen LogP contribution in [0.4, 0.5) is 4.79 Å². The lowest BCUT2D eigenvalue weighted by atomic mass is 10.2. The van der Waals surface area contributed by atoms with E-state index in [1.807, 2.05) is 12.5 Å². The lowest BCUT2D eigenvalue weighted by Crippen LogP contribution is -2.29. The third kappa shape index (κ3) is 14.0. The number of carbonyl (C=O) groups excluding carboxylic acids is 2. The Morgan fingerprint density at radius 1 is 1.32 bits per heavy atom. The molecule has 0 aromatic carbocycles. The van der Waals surface area contributed by atoms with Gasteiger partial charge in [-0.15, -0.1) is 0 Å². The van der Waals surface area contributed by atoms with Crippen molar-refractivity contribution in [3.05, 3.63) is 0 Å². The molecule has 0 aromatic heterocycles. The normalized spacial score (nSPS) is 16.2. The summed E-state index contributed by atoms with van der Waals surface area (Å²) in [6.07, 6.45) is 4.44. The number of nitrogens with one attached hydrogen (secondary N) is 2. The van der Waals surface area contributed by atoms with Crippen molar-refractivity contribution in [2.24, 2.45) is 0 Å². The van der Waals surface area contributed by atoms with Crippen molar-refractivity contribution in [2.45, 2.75) is 32.4 Å². The Morgan fingerprint density at radius 3 is 2.23 bits per heavy atom. The number of nitriles is 1. The Kier molecular flexibility index (Phi) is 23.9. The summed E-state index contributed by atoms with van der Waals surface area (Å²) in [7, 11) is 0. The van der Waals surface area contributed by atoms with Crippen LogP contribution in [-0.4, -0.2) is 58.7 Å². The molecule has 0 aromatic rings. The van der Waals surface area contributed by atoms with Crippen molar-refractivity contribution < 1.29 is 20.2 Å². The number of carbonyl (C=O) groups is 2. The number of imide groups is 1. The number of aliphatic hydroxyl groups excluding tert-OH is 1. The molecule has 8 N–H and O–H groups in total. The minimum Gasteiger partial charge on any atom is -0.412 e. The van der Waals surface area contributed by atoms with Gasteiger partial charge in [-0.25, -0.2) is 4.79 Å². The Labute approximate surface area is 140 Å². The van der Waals surface area contributed by atoms with E-state index in [9.17, 15) is 9.59 Å². The summed E-state index contributed by atoms with van der Waals surface area (Å²) in [5.41, 5.74) is 0. The second kappa shape index (κ2) is 18.1. The quantitative estimate of drug-likeness (QED) is 0.397. The molecule has 0 radical (unpaired) electrons. The summed E-state index contributed by atoms with van der Waals surface area (Å²) < 4.78 is 0. The van der Waals surface area contributed by atoms with Crippen LogP contribution < -0.4 is 16.8 Å². The molecule has 132 valence electrons. The summed E-state index contributed by atoms with van der Waals surface area (Å²) in [5, 5.41) is 21.4. The molecule has 1 saturated heterocycles. The average Bonchev–Trinajstić information content (AvgIpc) is 2.72. The summed E-state index contributed by atoms with van der Waals surface area (Å²) in [6, 6.07) is 1.06. The van der Waals surface area contributed by atoms with E-state index < -0.39 is 6.10 Å². The summed E-state index contributed by atoms with van der Waals surface area (Å²) >= 11 is 3.29. The van der Waals surface area contributed by atoms with Gasteiger partial charge in [-0.1, -0.05) is 7.43 Å². The van der Waals surface area contributed by atoms with Crippen molar-refractivity contribution in [2.75, 3.05) is 24.0 Å². The first-order valence-electron chi connectivity index (χ1n) is 5.72. The molecule has 1 aliphatic heterocycles. The maximum absolute atomic E-state index is 10.9. The van der Waals surface area contributed by atoms with Gasteiger partial charge in [0.05, 0.1) is 6.07 Å². The molecule has 0 aliphatic carbocycles. The van der Waals surface area contributed by atoms with Crippen LogP contribution in [0.15, 0.2) is 0 Å². The first-order chi connectivity index (χ1) is 9.04. The van der Waals surface area contributed by atoms with E-state index in [0.29, 0.717) is 12.8 Å². The smallest absolute Gasteiger partial charge is 0.322 e. The van der Waals surface area contributed by atoms with Crippen LogP contribution in [0.2, 0.25) is 0 Å². The fraction of sp³-hybridized carbons (Fsp3) is 0.750. The Morgan fingerprint density at radius 2 is 1.86 bits per heavy atom. The number of rotatable bonds is 6. The molecule has 1 fully saturated rings. The molecule has 1 heterocycles. The number of hydrogen-bond acceptors (Lipinski definition) is 7. The molecule has 8 nitrogen and oxygen atoms in total. The summed E-state index contributed by atoms with van der Waals surface area (Å²) in [6.45, 7) is 0. The number of aliphatic hydroxyl groups is 1. The predicted octanol–water partition coefficient (Wildman–Crippen LogP) is 0.545. The second-order valence-electron chi connectivity index (χ2n) is 3.72. The Bertz CT molecular complexity index is 340. The number of nitrogens with zero attached hydrogens (tertiary/aromatic N) is 1. The lowest BCUT2D eigenvalue weighted by Gasteiger charge is -2.03. The zero-order valence-electron chi connectivity index (χ0n) is 12.2. The van der Waals surface area contributed by atoms with Crippen LogP contribution in [0.25, 0.3) is 0 Å². The van der Waals surface area contributed by atoms with Gasteiger partial charge in [0.1, 0.15) is 12.1 Å². The highest BCUT2D eigenvalue weighted by molar-refractivity contribution is 7.98. The van der Waals surface area contributed by atoms with Gasteiger partial charge in [-0.3, -0.25) is 10.1 Å². The number of amides is 3. The van der Waals surface area contributed by atoms with Gasteiger partial charge in [0.15, 0.2) is 0 Å². The summed E-state index contributed by atoms with van der Waals surface area (Å²) in [4.78, 5) is 21.5. The molecular weight excluding hydrogens is 328 g/mol. The topological polar surface area (TPSA) is 169 Å². The lowest BCUT2D eigenvalue weighted by molar-refractivity contribution is -0.120. The van der Waals surface area contributed by atoms with Gasteiger partial charge < -0.3 is 22.1 Å². The Hall–Kier alpha value is -0.990. The molecule has 10 heteroatoms. The van der Waals surface area contributed by atoms with E-state index in [1.54, 1.807) is 29.6 Å². The largest absolute Gasteiger partial charge is 0.412 e. The van der Waals surface area contributed by atoms with E-state index in [0.717, 1.165) is 11.5 Å². The predicted molar refractivity (Wildman–Crippen MR) is 93.4 cm³/mol. The molecule has 1 rings (SSSR count). The van der Waals surface area contributed by atoms with E-state index in [-0.39, 0.29) is 37.0 Å². The van der Waals surface area contributed by atoms with Crippen LogP contribution in [0.1, 0.15) is 20.3 Å². The van der Waals surface area contributed by atoms with Gasteiger partial charge in [-0.05, 0) is 36.9 Å². The zero-order valence-corrected chi connectivity index (χ0v) is 13.9. The fourth-order valence-corrected chi connectivity index (χ4v) is 2.12. The molecule has 0 spiro atoms. The molecule has 2 unspecified atom stereocenters. The molecule has 2 atom stereocenters. The van der Waals surface area contributed by atoms with Gasteiger partial charge in [0, 0.05) is 0 Å². The Balaban J connectivity index is -0.000000135. The van der Waals surface area contributed by atoms with Gasteiger partial charge in [-0.2, -0.15) is 28.8 Å². The van der Waals surface area contributed by atoms with Crippen LogP contribution in [-0.2, 0) is 4.79 Å². The van der Waals surface area contributed by atoms with Gasteiger partial charge >= 0.3 is 6.03 Å². The number of urea groups is 1. The number of thioether (sulfide) groups is 2. The van der Waals surface area contributed by atoms with E-state index in [1.165, 1.54) is 0 Å².